The van der Waals surface area contributed by atoms with Gasteiger partial charge in [-0.05, 0) is 42.3 Å². The Hall–Kier alpha value is -2.25. The Morgan fingerprint density at radius 3 is 2.43 bits per heavy atom. The summed E-state index contributed by atoms with van der Waals surface area (Å²) < 4.78 is 4.67. The molecule has 4 heteroatoms. The fourth-order valence-electron chi connectivity index (χ4n) is 1.90. The summed E-state index contributed by atoms with van der Waals surface area (Å²) in [4.78, 5) is 13.6. The van der Waals surface area contributed by atoms with Gasteiger partial charge in [-0.15, -0.1) is 0 Å². The molecule has 21 heavy (non-hydrogen) atoms. The number of hydrogen-bond donors (Lipinski definition) is 0. The molecule has 0 aliphatic rings. The largest absolute Gasteiger partial charge is 0.465 e. The number of benzene rings is 2. The number of rotatable bonds is 4. The van der Waals surface area contributed by atoms with E-state index in [1.807, 2.05) is 12.1 Å². The molecule has 106 valence electrons. The van der Waals surface area contributed by atoms with Crippen LogP contribution >= 0.6 is 11.8 Å². The van der Waals surface area contributed by atoms with Gasteiger partial charge in [-0.2, -0.15) is 5.26 Å². The van der Waals surface area contributed by atoms with Crippen molar-refractivity contribution in [1.29, 1.82) is 5.26 Å². The van der Waals surface area contributed by atoms with Crippen molar-refractivity contribution in [2.75, 3.05) is 7.11 Å². The van der Waals surface area contributed by atoms with E-state index >= 15 is 0 Å². The molecule has 0 saturated heterocycles. The van der Waals surface area contributed by atoms with Crippen LogP contribution in [0.2, 0.25) is 0 Å². The highest BCUT2D eigenvalue weighted by Crippen LogP contribution is 2.29. The van der Waals surface area contributed by atoms with Crippen LogP contribution in [-0.2, 0) is 11.2 Å². The van der Waals surface area contributed by atoms with E-state index in [2.05, 4.69) is 35.9 Å². The SMILES string of the molecule is CCc1ccc(Sc2ccc(C(=O)OC)c(C#N)c2)cc1. The molecule has 3 nitrogen and oxygen atoms in total. The van der Waals surface area contributed by atoms with Gasteiger partial charge in [0.2, 0.25) is 0 Å². The van der Waals surface area contributed by atoms with Gasteiger partial charge in [0.1, 0.15) is 6.07 Å². The van der Waals surface area contributed by atoms with Crippen LogP contribution in [0.3, 0.4) is 0 Å². The van der Waals surface area contributed by atoms with Crippen molar-refractivity contribution < 1.29 is 9.53 Å². The molecule has 0 aromatic heterocycles. The van der Waals surface area contributed by atoms with Crippen LogP contribution in [0.25, 0.3) is 0 Å². The molecule has 2 aromatic carbocycles. The van der Waals surface area contributed by atoms with Crippen LogP contribution in [0.15, 0.2) is 52.3 Å². The molecular formula is C17H15NO2S. The highest BCUT2D eigenvalue weighted by Gasteiger charge is 2.12. The minimum atomic E-state index is -0.490. The van der Waals surface area contributed by atoms with Crippen LogP contribution in [0.5, 0.6) is 0 Å². The number of nitrogens with zero attached hydrogens (tertiary/aromatic N) is 1. The molecule has 0 heterocycles. The summed E-state index contributed by atoms with van der Waals surface area (Å²) in [6, 6.07) is 15.5. The molecule has 2 aromatic rings. The van der Waals surface area contributed by atoms with Crippen molar-refractivity contribution in [2.45, 2.75) is 23.1 Å². The van der Waals surface area contributed by atoms with Crippen LogP contribution in [0.1, 0.15) is 28.4 Å². The summed E-state index contributed by atoms with van der Waals surface area (Å²) in [6.45, 7) is 2.12. The minimum Gasteiger partial charge on any atom is -0.465 e. The van der Waals surface area contributed by atoms with Gasteiger partial charge in [-0.1, -0.05) is 30.8 Å². The molecule has 0 N–H and O–H groups in total. The van der Waals surface area contributed by atoms with E-state index in [4.69, 9.17) is 5.26 Å². The maximum atomic E-state index is 11.6. The average Bonchev–Trinajstić information content (AvgIpc) is 2.54. The molecule has 0 atom stereocenters. The summed E-state index contributed by atoms with van der Waals surface area (Å²) in [5.74, 6) is -0.490. The Labute approximate surface area is 128 Å². The third-order valence-electron chi connectivity index (χ3n) is 3.08. The summed E-state index contributed by atoms with van der Waals surface area (Å²) in [6.07, 6.45) is 1.01. The monoisotopic (exact) mass is 297 g/mol. The third kappa shape index (κ3) is 3.65. The normalized spacial score (nSPS) is 9.95. The summed E-state index contributed by atoms with van der Waals surface area (Å²) in [5, 5.41) is 9.15. The number of esters is 1. The zero-order valence-electron chi connectivity index (χ0n) is 11.9. The van der Waals surface area contributed by atoms with Crippen LogP contribution < -0.4 is 0 Å². The van der Waals surface area contributed by atoms with Gasteiger partial charge in [0.15, 0.2) is 0 Å². The fourth-order valence-corrected chi connectivity index (χ4v) is 2.75. The molecule has 0 aliphatic heterocycles. The highest BCUT2D eigenvalue weighted by atomic mass is 32.2. The summed E-state index contributed by atoms with van der Waals surface area (Å²) >= 11 is 1.56. The number of carbonyl (C=O) groups excluding carboxylic acids is 1. The number of hydrogen-bond acceptors (Lipinski definition) is 4. The highest BCUT2D eigenvalue weighted by molar-refractivity contribution is 7.99. The van der Waals surface area contributed by atoms with Gasteiger partial charge in [-0.25, -0.2) is 4.79 Å². The Morgan fingerprint density at radius 1 is 1.19 bits per heavy atom. The van der Waals surface area contributed by atoms with Gasteiger partial charge in [0.25, 0.3) is 0 Å². The second-order valence-electron chi connectivity index (χ2n) is 4.41. The van der Waals surface area contributed by atoms with E-state index in [9.17, 15) is 4.79 Å². The average molecular weight is 297 g/mol. The molecule has 0 saturated carbocycles. The number of carbonyl (C=O) groups is 1. The lowest BCUT2D eigenvalue weighted by Gasteiger charge is -2.06. The van der Waals surface area contributed by atoms with Gasteiger partial charge in [0.05, 0.1) is 18.2 Å². The molecule has 0 amide bonds. The molecule has 0 fully saturated rings. The first-order valence-corrected chi connectivity index (χ1v) is 7.38. The minimum absolute atomic E-state index is 0.297. The van der Waals surface area contributed by atoms with Crippen molar-refractivity contribution in [1.82, 2.24) is 0 Å². The smallest absolute Gasteiger partial charge is 0.339 e. The lowest BCUT2D eigenvalue weighted by molar-refractivity contribution is 0.0600. The summed E-state index contributed by atoms with van der Waals surface area (Å²) in [7, 11) is 1.31. The van der Waals surface area contributed by atoms with E-state index in [1.54, 1.807) is 23.9 Å². The molecule has 0 radical (unpaired) electrons. The second kappa shape index (κ2) is 6.96. The van der Waals surface area contributed by atoms with E-state index in [-0.39, 0.29) is 0 Å². The van der Waals surface area contributed by atoms with Gasteiger partial charge < -0.3 is 4.74 Å². The van der Waals surface area contributed by atoms with Crippen LogP contribution in [-0.4, -0.2) is 13.1 Å². The molecule has 0 unspecified atom stereocenters. The van der Waals surface area contributed by atoms with Crippen molar-refractivity contribution in [3.63, 3.8) is 0 Å². The predicted molar refractivity (Wildman–Crippen MR) is 82.4 cm³/mol. The summed E-state index contributed by atoms with van der Waals surface area (Å²) in [5.41, 5.74) is 1.92. The first kappa shape index (κ1) is 15.1. The maximum Gasteiger partial charge on any atom is 0.339 e. The Balaban J connectivity index is 2.24. The quantitative estimate of drug-likeness (QED) is 0.799. The number of aryl methyl sites for hydroxylation is 1. The Bertz CT molecular complexity index is 687. The maximum absolute atomic E-state index is 11.6. The van der Waals surface area contributed by atoms with Crippen LogP contribution in [0, 0.1) is 11.3 Å². The van der Waals surface area contributed by atoms with Gasteiger partial charge in [0, 0.05) is 9.79 Å². The van der Waals surface area contributed by atoms with Crippen LogP contribution in [0.4, 0.5) is 0 Å². The van der Waals surface area contributed by atoms with E-state index in [1.165, 1.54) is 12.7 Å². The molecule has 0 aliphatic carbocycles. The van der Waals surface area contributed by atoms with Crippen molar-refractivity contribution in [2.24, 2.45) is 0 Å². The standard InChI is InChI=1S/C17H15NO2S/c1-3-12-4-6-14(7-5-12)21-15-8-9-16(17(19)20-2)13(10-15)11-18/h4-10H,3H2,1-2H3. The lowest BCUT2D eigenvalue weighted by Crippen LogP contribution is -2.03. The molecular weight excluding hydrogens is 282 g/mol. The van der Waals surface area contributed by atoms with E-state index < -0.39 is 5.97 Å². The Morgan fingerprint density at radius 2 is 1.86 bits per heavy atom. The van der Waals surface area contributed by atoms with Gasteiger partial charge >= 0.3 is 5.97 Å². The molecule has 2 rings (SSSR count). The number of ether oxygens (including phenoxy) is 1. The number of methoxy groups -OCH3 is 1. The third-order valence-corrected chi connectivity index (χ3v) is 4.08. The molecule has 0 spiro atoms. The topological polar surface area (TPSA) is 50.1 Å². The zero-order valence-corrected chi connectivity index (χ0v) is 12.7. The molecule has 0 bridgehead atoms. The first-order valence-electron chi connectivity index (χ1n) is 6.57. The second-order valence-corrected chi connectivity index (χ2v) is 5.56. The van der Waals surface area contributed by atoms with E-state index in [0.29, 0.717) is 11.1 Å². The predicted octanol–water partition coefficient (Wildman–Crippen LogP) is 4.06. The van der Waals surface area contributed by atoms with Crippen molar-refractivity contribution >= 4 is 17.7 Å². The first-order chi connectivity index (χ1) is 10.2. The fraction of sp³-hybridized carbons (Fsp3) is 0.176. The van der Waals surface area contributed by atoms with Crippen molar-refractivity contribution in [3.8, 4) is 6.07 Å². The zero-order chi connectivity index (χ0) is 15.2. The number of nitriles is 1. The van der Waals surface area contributed by atoms with E-state index in [0.717, 1.165) is 16.2 Å². The lowest BCUT2D eigenvalue weighted by atomic mass is 10.1. The van der Waals surface area contributed by atoms with Gasteiger partial charge in [-0.3, -0.25) is 0 Å². The van der Waals surface area contributed by atoms with Crippen molar-refractivity contribution in [3.05, 3.63) is 59.2 Å². The Kier molecular flexibility index (Phi) is 5.02.